The predicted octanol–water partition coefficient (Wildman–Crippen LogP) is 3.50. The maximum absolute atomic E-state index is 13.5. The van der Waals surface area contributed by atoms with Gasteiger partial charge in [-0.1, -0.05) is 0 Å². The van der Waals surface area contributed by atoms with Gasteiger partial charge in [0.05, 0.1) is 5.69 Å². The van der Waals surface area contributed by atoms with Crippen LogP contribution in [-0.2, 0) is 0 Å². The molecule has 0 spiro atoms. The van der Waals surface area contributed by atoms with Crippen LogP contribution < -0.4 is 16.0 Å². The average molecular weight is 331 g/mol. The lowest BCUT2D eigenvalue weighted by molar-refractivity contribution is 0.102. The molecule has 1 saturated carbocycles. The van der Waals surface area contributed by atoms with Gasteiger partial charge >= 0.3 is 6.03 Å². The first kappa shape index (κ1) is 15.9. The molecule has 0 bridgehead atoms. The molecule has 3 rings (SSSR count). The molecule has 0 aliphatic heterocycles. The van der Waals surface area contributed by atoms with E-state index in [4.69, 9.17) is 0 Å². The van der Waals surface area contributed by atoms with Crippen molar-refractivity contribution in [3.63, 3.8) is 0 Å². The van der Waals surface area contributed by atoms with Gasteiger partial charge in [0.15, 0.2) is 0 Å². The van der Waals surface area contributed by atoms with E-state index in [9.17, 15) is 18.4 Å². The summed E-state index contributed by atoms with van der Waals surface area (Å²) >= 11 is 0. The normalized spacial score (nSPS) is 13.2. The van der Waals surface area contributed by atoms with Crippen LogP contribution in [0.2, 0.25) is 0 Å². The standard InChI is InChI=1S/C17H15F2N3O2/c18-11-3-8-15(14(19)9-11)22-16(23)10-1-4-12(5-2-10)20-17(24)21-13-6-7-13/h1-5,8-9,13H,6-7H2,(H,22,23)(H2,20,21,24). The third-order valence-corrected chi connectivity index (χ3v) is 3.50. The zero-order valence-electron chi connectivity index (χ0n) is 12.6. The highest BCUT2D eigenvalue weighted by atomic mass is 19.1. The summed E-state index contributed by atoms with van der Waals surface area (Å²) < 4.78 is 26.4. The highest BCUT2D eigenvalue weighted by Gasteiger charge is 2.23. The molecule has 5 nitrogen and oxygen atoms in total. The lowest BCUT2D eigenvalue weighted by Crippen LogP contribution is -2.30. The zero-order valence-corrected chi connectivity index (χ0v) is 12.6. The fourth-order valence-corrected chi connectivity index (χ4v) is 2.07. The van der Waals surface area contributed by atoms with Crippen LogP contribution in [0.4, 0.5) is 25.0 Å². The van der Waals surface area contributed by atoms with Crippen molar-refractivity contribution in [1.29, 1.82) is 0 Å². The molecule has 1 aliphatic rings. The molecule has 0 saturated heterocycles. The summed E-state index contributed by atoms with van der Waals surface area (Å²) in [6, 6.07) is 9.02. The number of hydrogen-bond acceptors (Lipinski definition) is 2. The van der Waals surface area contributed by atoms with E-state index in [1.807, 2.05) is 0 Å². The first-order valence-corrected chi connectivity index (χ1v) is 7.45. The zero-order chi connectivity index (χ0) is 17.1. The lowest BCUT2D eigenvalue weighted by Gasteiger charge is -2.09. The first-order chi connectivity index (χ1) is 11.5. The quantitative estimate of drug-likeness (QED) is 0.802. The molecule has 24 heavy (non-hydrogen) atoms. The molecule has 3 N–H and O–H groups in total. The molecule has 0 aromatic heterocycles. The van der Waals surface area contributed by atoms with E-state index in [1.54, 1.807) is 12.1 Å². The number of rotatable bonds is 4. The Balaban J connectivity index is 1.61. The van der Waals surface area contributed by atoms with Crippen molar-refractivity contribution in [3.8, 4) is 0 Å². The lowest BCUT2D eigenvalue weighted by atomic mass is 10.2. The maximum atomic E-state index is 13.5. The number of carbonyl (C=O) groups excluding carboxylic acids is 2. The third-order valence-electron chi connectivity index (χ3n) is 3.50. The van der Waals surface area contributed by atoms with Gasteiger partial charge in [0.25, 0.3) is 5.91 Å². The van der Waals surface area contributed by atoms with E-state index in [1.165, 1.54) is 12.1 Å². The largest absolute Gasteiger partial charge is 0.335 e. The number of carbonyl (C=O) groups is 2. The van der Waals surface area contributed by atoms with Gasteiger partial charge in [-0.05, 0) is 49.2 Å². The van der Waals surface area contributed by atoms with Crippen LogP contribution in [0.5, 0.6) is 0 Å². The molecule has 7 heteroatoms. The summed E-state index contributed by atoms with van der Waals surface area (Å²) in [5, 5.41) is 7.81. The molecule has 2 aromatic carbocycles. The second-order valence-corrected chi connectivity index (χ2v) is 5.53. The van der Waals surface area contributed by atoms with Crippen LogP contribution in [0.25, 0.3) is 0 Å². The van der Waals surface area contributed by atoms with Gasteiger partial charge in [0.1, 0.15) is 11.6 Å². The highest BCUT2D eigenvalue weighted by Crippen LogP contribution is 2.19. The van der Waals surface area contributed by atoms with Gasteiger partial charge < -0.3 is 16.0 Å². The average Bonchev–Trinajstić information content (AvgIpc) is 3.34. The molecular formula is C17H15F2N3O2. The Hall–Kier alpha value is -2.96. The van der Waals surface area contributed by atoms with E-state index < -0.39 is 17.5 Å². The molecule has 0 radical (unpaired) electrons. The number of amides is 3. The molecule has 3 amide bonds. The van der Waals surface area contributed by atoms with Crippen LogP contribution >= 0.6 is 0 Å². The number of benzene rings is 2. The van der Waals surface area contributed by atoms with Crippen LogP contribution in [0.1, 0.15) is 23.2 Å². The van der Waals surface area contributed by atoms with Crippen molar-refractivity contribution in [1.82, 2.24) is 5.32 Å². The highest BCUT2D eigenvalue weighted by molar-refractivity contribution is 6.04. The Bertz CT molecular complexity index is 774. The maximum Gasteiger partial charge on any atom is 0.319 e. The number of urea groups is 1. The minimum Gasteiger partial charge on any atom is -0.335 e. The van der Waals surface area contributed by atoms with Crippen LogP contribution in [-0.4, -0.2) is 18.0 Å². The van der Waals surface area contributed by atoms with Gasteiger partial charge in [-0.15, -0.1) is 0 Å². The summed E-state index contributed by atoms with van der Waals surface area (Å²) in [5.41, 5.74) is 0.719. The molecule has 0 unspecified atom stereocenters. The van der Waals surface area contributed by atoms with E-state index in [2.05, 4.69) is 16.0 Å². The Kier molecular flexibility index (Phi) is 4.41. The number of halogens is 2. The SMILES string of the molecule is O=C(Nc1ccc(C(=O)Nc2ccc(F)cc2F)cc1)NC1CC1. The minimum absolute atomic E-state index is 0.104. The van der Waals surface area contributed by atoms with Crippen molar-refractivity contribution in [2.45, 2.75) is 18.9 Å². The van der Waals surface area contributed by atoms with Crippen LogP contribution in [0.15, 0.2) is 42.5 Å². The van der Waals surface area contributed by atoms with Crippen LogP contribution in [0, 0.1) is 11.6 Å². The molecule has 2 aromatic rings. The van der Waals surface area contributed by atoms with Gasteiger partial charge in [-0.2, -0.15) is 0 Å². The fraction of sp³-hybridized carbons (Fsp3) is 0.176. The number of hydrogen-bond donors (Lipinski definition) is 3. The van der Waals surface area contributed by atoms with E-state index >= 15 is 0 Å². The Morgan fingerprint density at radius 3 is 2.29 bits per heavy atom. The smallest absolute Gasteiger partial charge is 0.319 e. The van der Waals surface area contributed by atoms with E-state index in [0.717, 1.165) is 25.0 Å². The second-order valence-electron chi connectivity index (χ2n) is 5.53. The second kappa shape index (κ2) is 6.66. The van der Waals surface area contributed by atoms with Gasteiger partial charge in [0, 0.05) is 23.4 Å². The van der Waals surface area contributed by atoms with Gasteiger partial charge in [-0.25, -0.2) is 13.6 Å². The Morgan fingerprint density at radius 2 is 1.67 bits per heavy atom. The van der Waals surface area contributed by atoms with Crippen molar-refractivity contribution < 1.29 is 18.4 Å². The van der Waals surface area contributed by atoms with Gasteiger partial charge in [-0.3, -0.25) is 4.79 Å². The summed E-state index contributed by atoms with van der Waals surface area (Å²) in [5.74, 6) is -2.10. The van der Waals surface area contributed by atoms with Crippen molar-refractivity contribution in [2.24, 2.45) is 0 Å². The van der Waals surface area contributed by atoms with E-state index in [-0.39, 0.29) is 23.3 Å². The summed E-state index contributed by atoms with van der Waals surface area (Å²) in [7, 11) is 0. The van der Waals surface area contributed by atoms with Crippen molar-refractivity contribution in [2.75, 3.05) is 10.6 Å². The summed E-state index contributed by atoms with van der Waals surface area (Å²) in [6.07, 6.45) is 1.99. The first-order valence-electron chi connectivity index (χ1n) is 7.45. The molecule has 1 aliphatic carbocycles. The fourth-order valence-electron chi connectivity index (χ4n) is 2.07. The predicted molar refractivity (Wildman–Crippen MR) is 85.9 cm³/mol. The van der Waals surface area contributed by atoms with Crippen molar-refractivity contribution >= 4 is 23.3 Å². The Morgan fingerprint density at radius 1 is 0.958 bits per heavy atom. The molecular weight excluding hydrogens is 316 g/mol. The topological polar surface area (TPSA) is 70.2 Å². The van der Waals surface area contributed by atoms with Gasteiger partial charge in [0.2, 0.25) is 0 Å². The van der Waals surface area contributed by atoms with Crippen LogP contribution in [0.3, 0.4) is 0 Å². The monoisotopic (exact) mass is 331 g/mol. The molecule has 124 valence electrons. The minimum atomic E-state index is -0.849. The Labute approximate surface area is 137 Å². The molecule has 0 heterocycles. The third kappa shape index (κ3) is 4.07. The molecule has 1 fully saturated rings. The number of anilines is 2. The summed E-state index contributed by atoms with van der Waals surface area (Å²) in [4.78, 5) is 23.7. The van der Waals surface area contributed by atoms with Crippen molar-refractivity contribution in [3.05, 3.63) is 59.7 Å². The molecule has 0 atom stereocenters. The summed E-state index contributed by atoms with van der Waals surface area (Å²) in [6.45, 7) is 0. The number of nitrogens with one attached hydrogen (secondary N) is 3. The van der Waals surface area contributed by atoms with E-state index in [0.29, 0.717) is 11.8 Å².